The van der Waals surface area contributed by atoms with Gasteiger partial charge in [-0.2, -0.15) is 0 Å². The highest BCUT2D eigenvalue weighted by Crippen LogP contribution is 2.20. The highest BCUT2D eigenvalue weighted by molar-refractivity contribution is 5.85. The van der Waals surface area contributed by atoms with Crippen LogP contribution in [0, 0.1) is 11.8 Å². The van der Waals surface area contributed by atoms with Gasteiger partial charge in [-0.05, 0) is 25.9 Å². The molecule has 0 spiro atoms. The molecule has 0 aliphatic carbocycles. The van der Waals surface area contributed by atoms with Crippen molar-refractivity contribution in [1.82, 2.24) is 15.1 Å². The number of hydrogen-bond acceptors (Lipinski definition) is 4. The molecule has 0 radical (unpaired) electrons. The Balaban J connectivity index is 0.00000200. The fraction of sp³-hybridized carbons (Fsp3) is 0.929. The van der Waals surface area contributed by atoms with E-state index >= 15 is 0 Å². The quantitative estimate of drug-likeness (QED) is 0.805. The van der Waals surface area contributed by atoms with E-state index in [1.807, 2.05) is 0 Å². The van der Waals surface area contributed by atoms with Crippen molar-refractivity contribution in [3.8, 4) is 0 Å². The van der Waals surface area contributed by atoms with Gasteiger partial charge >= 0.3 is 0 Å². The third-order valence-electron chi connectivity index (χ3n) is 4.57. The number of rotatable bonds is 5. The van der Waals surface area contributed by atoms with Crippen LogP contribution >= 0.6 is 24.8 Å². The molecule has 2 heterocycles. The van der Waals surface area contributed by atoms with Crippen molar-refractivity contribution in [2.45, 2.75) is 19.9 Å². The van der Waals surface area contributed by atoms with Gasteiger partial charge in [0.2, 0.25) is 5.91 Å². The van der Waals surface area contributed by atoms with Crippen molar-refractivity contribution >= 4 is 30.7 Å². The first-order chi connectivity index (χ1) is 9.13. The number of methoxy groups -OCH3 is 1. The number of halogens is 2. The first kappa shape index (κ1) is 20.9. The number of ether oxygens (including phenoxy) is 1. The molecule has 21 heavy (non-hydrogen) atoms. The highest BCUT2D eigenvalue weighted by atomic mass is 35.5. The van der Waals surface area contributed by atoms with Crippen molar-refractivity contribution in [3.63, 3.8) is 0 Å². The Kier molecular flexibility index (Phi) is 9.81. The first-order valence-corrected chi connectivity index (χ1v) is 7.36. The Morgan fingerprint density at radius 3 is 2.48 bits per heavy atom. The Labute approximate surface area is 140 Å². The lowest BCUT2D eigenvalue weighted by atomic mass is 9.87. The van der Waals surface area contributed by atoms with E-state index < -0.39 is 0 Å². The summed E-state index contributed by atoms with van der Waals surface area (Å²) in [5.41, 5.74) is 0. The maximum Gasteiger partial charge on any atom is 0.225 e. The topological polar surface area (TPSA) is 44.8 Å². The standard InChI is InChI=1S/C14H27N3O2.2ClH/c1-11-10-17(5-4-16(11)6-7-19-3)14(18)12(2)13-8-15-9-13;;/h11-13,15H,4-10H2,1-3H3;2*1H. The number of nitrogens with zero attached hydrogens (tertiary/aromatic N) is 2. The predicted octanol–water partition coefficient (Wildman–Crippen LogP) is 0.865. The zero-order chi connectivity index (χ0) is 13.8. The summed E-state index contributed by atoms with van der Waals surface area (Å²) < 4.78 is 5.13. The molecule has 2 fully saturated rings. The summed E-state index contributed by atoms with van der Waals surface area (Å²) in [4.78, 5) is 16.9. The SMILES string of the molecule is COCCN1CCN(C(=O)C(C)C2CNC2)CC1C.Cl.Cl. The Bertz CT molecular complexity index is 317. The number of carbonyl (C=O) groups is 1. The van der Waals surface area contributed by atoms with Crippen LogP contribution in [0.1, 0.15) is 13.8 Å². The molecule has 0 bridgehead atoms. The lowest BCUT2D eigenvalue weighted by Gasteiger charge is -2.42. The van der Waals surface area contributed by atoms with Crippen molar-refractivity contribution in [3.05, 3.63) is 0 Å². The zero-order valence-corrected chi connectivity index (χ0v) is 14.8. The zero-order valence-electron chi connectivity index (χ0n) is 13.2. The number of amides is 1. The third-order valence-corrected chi connectivity index (χ3v) is 4.57. The van der Waals surface area contributed by atoms with Crippen LogP contribution in [-0.4, -0.2) is 74.7 Å². The highest BCUT2D eigenvalue weighted by Gasteiger charge is 2.34. The molecule has 0 aromatic heterocycles. The molecule has 0 aromatic rings. The molecule has 2 saturated heterocycles. The second kappa shape index (κ2) is 9.85. The van der Waals surface area contributed by atoms with Crippen LogP contribution in [0.2, 0.25) is 0 Å². The molecule has 2 aliphatic heterocycles. The van der Waals surface area contributed by atoms with E-state index in [1.54, 1.807) is 7.11 Å². The molecule has 2 unspecified atom stereocenters. The smallest absolute Gasteiger partial charge is 0.225 e. The summed E-state index contributed by atoms with van der Waals surface area (Å²) in [5, 5.41) is 3.25. The van der Waals surface area contributed by atoms with E-state index in [9.17, 15) is 4.79 Å². The normalized spacial score (nSPS) is 24.5. The van der Waals surface area contributed by atoms with E-state index in [0.717, 1.165) is 45.9 Å². The van der Waals surface area contributed by atoms with Gasteiger partial charge in [0, 0.05) is 45.2 Å². The van der Waals surface area contributed by atoms with Gasteiger partial charge < -0.3 is 15.0 Å². The van der Waals surface area contributed by atoms with Gasteiger partial charge in [-0.3, -0.25) is 9.69 Å². The molecule has 2 aliphatic rings. The second-order valence-corrected chi connectivity index (χ2v) is 5.87. The van der Waals surface area contributed by atoms with Crippen molar-refractivity contribution in [2.24, 2.45) is 11.8 Å². The number of piperazine rings is 1. The fourth-order valence-electron chi connectivity index (χ4n) is 2.89. The maximum absolute atomic E-state index is 12.5. The van der Waals surface area contributed by atoms with Gasteiger partial charge in [-0.1, -0.05) is 6.92 Å². The number of carbonyl (C=O) groups excluding carboxylic acids is 1. The van der Waals surface area contributed by atoms with Gasteiger partial charge in [0.15, 0.2) is 0 Å². The molecule has 5 nitrogen and oxygen atoms in total. The average molecular weight is 342 g/mol. The summed E-state index contributed by atoms with van der Waals surface area (Å²) in [7, 11) is 1.73. The number of nitrogens with one attached hydrogen (secondary N) is 1. The van der Waals surface area contributed by atoms with Crippen LogP contribution in [0.25, 0.3) is 0 Å². The predicted molar refractivity (Wildman–Crippen MR) is 89.5 cm³/mol. The van der Waals surface area contributed by atoms with E-state index in [4.69, 9.17) is 4.74 Å². The minimum absolute atomic E-state index is 0. The first-order valence-electron chi connectivity index (χ1n) is 7.36. The molecule has 0 aromatic carbocycles. The van der Waals surface area contributed by atoms with E-state index in [-0.39, 0.29) is 30.7 Å². The minimum Gasteiger partial charge on any atom is -0.383 e. The summed E-state index contributed by atoms with van der Waals surface area (Å²) in [6, 6.07) is 0.430. The van der Waals surface area contributed by atoms with Crippen LogP contribution in [0.15, 0.2) is 0 Å². The Hall–Kier alpha value is -0.0700. The van der Waals surface area contributed by atoms with E-state index in [1.165, 1.54) is 0 Å². The van der Waals surface area contributed by atoms with Gasteiger partial charge in [0.1, 0.15) is 0 Å². The molecule has 126 valence electrons. The third kappa shape index (κ3) is 5.25. The molecule has 2 rings (SSSR count). The van der Waals surface area contributed by atoms with Crippen LogP contribution < -0.4 is 5.32 Å². The fourth-order valence-corrected chi connectivity index (χ4v) is 2.89. The minimum atomic E-state index is 0. The van der Waals surface area contributed by atoms with Crippen molar-refractivity contribution in [2.75, 3.05) is 53.0 Å². The average Bonchev–Trinajstić information content (AvgIpc) is 2.34. The van der Waals surface area contributed by atoms with E-state index in [2.05, 4.69) is 29.0 Å². The summed E-state index contributed by atoms with van der Waals surface area (Å²) >= 11 is 0. The van der Waals surface area contributed by atoms with Gasteiger partial charge in [-0.25, -0.2) is 0 Å². The van der Waals surface area contributed by atoms with Crippen LogP contribution in [0.4, 0.5) is 0 Å². The van der Waals surface area contributed by atoms with Crippen LogP contribution in [-0.2, 0) is 9.53 Å². The molecule has 7 heteroatoms. The van der Waals surface area contributed by atoms with E-state index in [0.29, 0.717) is 17.9 Å². The van der Waals surface area contributed by atoms with Crippen LogP contribution in [0.3, 0.4) is 0 Å². The van der Waals surface area contributed by atoms with Gasteiger partial charge in [0.25, 0.3) is 0 Å². The maximum atomic E-state index is 12.5. The van der Waals surface area contributed by atoms with Crippen molar-refractivity contribution < 1.29 is 9.53 Å². The summed E-state index contributed by atoms with van der Waals surface area (Å²) in [6.45, 7) is 10.7. The second-order valence-electron chi connectivity index (χ2n) is 5.87. The molecular formula is C14H29Cl2N3O2. The lowest BCUT2D eigenvalue weighted by molar-refractivity contribution is -0.140. The van der Waals surface area contributed by atoms with Crippen molar-refractivity contribution in [1.29, 1.82) is 0 Å². The Morgan fingerprint density at radius 2 is 2.00 bits per heavy atom. The molecule has 0 saturated carbocycles. The van der Waals surface area contributed by atoms with Crippen LogP contribution in [0.5, 0.6) is 0 Å². The largest absolute Gasteiger partial charge is 0.383 e. The summed E-state index contributed by atoms with van der Waals surface area (Å²) in [6.07, 6.45) is 0. The Morgan fingerprint density at radius 1 is 1.33 bits per heavy atom. The monoisotopic (exact) mass is 341 g/mol. The molecule has 1 amide bonds. The molecule has 2 atom stereocenters. The molecular weight excluding hydrogens is 313 g/mol. The van der Waals surface area contributed by atoms with Gasteiger partial charge in [-0.15, -0.1) is 24.8 Å². The number of hydrogen-bond donors (Lipinski definition) is 1. The summed E-state index contributed by atoms with van der Waals surface area (Å²) in [5.74, 6) is 1.04. The van der Waals surface area contributed by atoms with Gasteiger partial charge in [0.05, 0.1) is 6.61 Å². The lowest BCUT2D eigenvalue weighted by Crippen LogP contribution is -2.57. The molecule has 1 N–H and O–H groups in total.